The average Bonchev–Trinajstić information content (AvgIpc) is 3.04. The predicted octanol–water partition coefficient (Wildman–Crippen LogP) is 3.64. The minimum absolute atomic E-state index is 0.217. The molecule has 1 spiro atoms. The highest BCUT2D eigenvalue weighted by Crippen LogP contribution is 2.72. The van der Waals surface area contributed by atoms with E-state index in [4.69, 9.17) is 0 Å². The molecule has 2 fully saturated rings. The van der Waals surface area contributed by atoms with Crippen molar-refractivity contribution in [3.8, 4) is 0 Å². The van der Waals surface area contributed by atoms with Crippen LogP contribution in [0.4, 0.5) is 0 Å². The first-order valence-electron chi connectivity index (χ1n) is 9.00. The molecule has 124 valence electrons. The monoisotopic (exact) mass is 320 g/mol. The van der Waals surface area contributed by atoms with Crippen LogP contribution in [0, 0.1) is 5.41 Å². The van der Waals surface area contributed by atoms with Crippen molar-refractivity contribution in [1.29, 1.82) is 0 Å². The Morgan fingerprint density at radius 2 is 1.75 bits per heavy atom. The van der Waals surface area contributed by atoms with Crippen molar-refractivity contribution in [2.45, 2.75) is 43.9 Å². The third-order valence-corrected chi connectivity index (χ3v) is 6.05. The molecule has 1 atom stereocenters. The van der Waals surface area contributed by atoms with Crippen molar-refractivity contribution in [2.24, 2.45) is 5.41 Å². The van der Waals surface area contributed by atoms with Gasteiger partial charge in [0.25, 0.3) is 0 Å². The van der Waals surface area contributed by atoms with Gasteiger partial charge in [-0.3, -0.25) is 9.78 Å². The Hall–Kier alpha value is -2.16. The minimum atomic E-state index is -0.289. The molecule has 1 aromatic heterocycles. The maximum Gasteiger partial charge on any atom is 0.231 e. The Balaban J connectivity index is 1.49. The van der Waals surface area contributed by atoms with Crippen LogP contribution in [0.25, 0.3) is 0 Å². The van der Waals surface area contributed by atoms with E-state index in [0.29, 0.717) is 6.54 Å². The van der Waals surface area contributed by atoms with E-state index < -0.39 is 0 Å². The smallest absolute Gasteiger partial charge is 0.231 e. The van der Waals surface area contributed by atoms with Crippen molar-refractivity contribution in [2.75, 3.05) is 6.54 Å². The normalized spacial score (nSPS) is 24.0. The van der Waals surface area contributed by atoms with E-state index in [1.807, 2.05) is 18.2 Å². The van der Waals surface area contributed by atoms with Crippen LogP contribution < -0.4 is 5.32 Å². The van der Waals surface area contributed by atoms with Gasteiger partial charge >= 0.3 is 0 Å². The highest BCUT2D eigenvalue weighted by molar-refractivity contribution is 5.93. The van der Waals surface area contributed by atoms with Gasteiger partial charge in [-0.1, -0.05) is 43.2 Å². The van der Waals surface area contributed by atoms with E-state index in [-0.39, 0.29) is 16.7 Å². The van der Waals surface area contributed by atoms with Gasteiger partial charge < -0.3 is 5.32 Å². The fourth-order valence-corrected chi connectivity index (χ4v) is 4.72. The average molecular weight is 320 g/mol. The minimum Gasteiger partial charge on any atom is -0.355 e. The number of nitrogens with zero attached hydrogens (tertiary/aromatic N) is 1. The summed E-state index contributed by atoms with van der Waals surface area (Å²) in [5, 5.41) is 3.22. The molecule has 0 aliphatic heterocycles. The molecule has 1 N–H and O–H groups in total. The summed E-state index contributed by atoms with van der Waals surface area (Å²) in [6, 6.07) is 14.4. The highest BCUT2D eigenvalue weighted by atomic mass is 16.2. The van der Waals surface area contributed by atoms with Crippen molar-refractivity contribution in [3.05, 3.63) is 66.0 Å². The summed E-state index contributed by atoms with van der Waals surface area (Å²) in [6.45, 7) is 0.688. The molecule has 0 bridgehead atoms. The van der Waals surface area contributed by atoms with Crippen molar-refractivity contribution >= 4 is 5.91 Å². The summed E-state index contributed by atoms with van der Waals surface area (Å²) in [5.41, 5.74) is 2.34. The second kappa shape index (κ2) is 6.04. The summed E-state index contributed by atoms with van der Waals surface area (Å²) in [5.74, 6) is 0.227. The number of amides is 1. The molecule has 24 heavy (non-hydrogen) atoms. The Bertz CT molecular complexity index is 707. The first-order chi connectivity index (χ1) is 11.8. The third kappa shape index (κ3) is 2.43. The zero-order chi connectivity index (χ0) is 16.5. The van der Waals surface area contributed by atoms with Crippen LogP contribution in [-0.2, 0) is 16.6 Å². The topological polar surface area (TPSA) is 42.0 Å². The van der Waals surface area contributed by atoms with Crippen LogP contribution in [0.1, 0.15) is 43.2 Å². The number of hydrogen-bond donors (Lipinski definition) is 1. The highest BCUT2D eigenvalue weighted by Gasteiger charge is 2.72. The predicted molar refractivity (Wildman–Crippen MR) is 94.6 cm³/mol. The van der Waals surface area contributed by atoms with E-state index in [1.165, 1.54) is 36.8 Å². The molecule has 2 saturated carbocycles. The Morgan fingerprint density at radius 1 is 1.04 bits per heavy atom. The molecule has 2 aliphatic carbocycles. The van der Waals surface area contributed by atoms with E-state index in [0.717, 1.165) is 12.8 Å². The van der Waals surface area contributed by atoms with E-state index >= 15 is 0 Å². The number of aromatic nitrogens is 1. The summed E-state index contributed by atoms with van der Waals surface area (Å²) in [6.07, 6.45) is 10.4. The molecule has 1 amide bonds. The van der Waals surface area contributed by atoms with Crippen LogP contribution in [0.5, 0.6) is 0 Å². The number of pyridine rings is 1. The maximum atomic E-state index is 13.2. The van der Waals surface area contributed by atoms with Crippen molar-refractivity contribution < 1.29 is 4.79 Å². The van der Waals surface area contributed by atoms with Gasteiger partial charge in [-0.25, -0.2) is 0 Å². The van der Waals surface area contributed by atoms with Gasteiger partial charge in [0, 0.05) is 18.9 Å². The van der Waals surface area contributed by atoms with Gasteiger partial charge in [0.1, 0.15) is 0 Å². The van der Waals surface area contributed by atoms with E-state index in [9.17, 15) is 4.79 Å². The summed E-state index contributed by atoms with van der Waals surface area (Å²) >= 11 is 0. The van der Waals surface area contributed by atoms with Gasteiger partial charge in [-0.05, 0) is 54.4 Å². The Kier molecular flexibility index (Phi) is 3.87. The number of nitrogens with one attached hydrogen (secondary N) is 1. The maximum absolute atomic E-state index is 13.2. The Morgan fingerprint density at radius 3 is 2.46 bits per heavy atom. The van der Waals surface area contributed by atoms with Crippen LogP contribution in [0.2, 0.25) is 0 Å². The molecule has 0 saturated heterocycles. The van der Waals surface area contributed by atoms with E-state index in [2.05, 4.69) is 34.6 Å². The van der Waals surface area contributed by atoms with Crippen molar-refractivity contribution in [3.63, 3.8) is 0 Å². The number of carbonyl (C=O) groups excluding carboxylic acids is 1. The molecule has 1 heterocycles. The van der Waals surface area contributed by atoms with Gasteiger partial charge in [0.2, 0.25) is 5.91 Å². The van der Waals surface area contributed by atoms with Gasteiger partial charge in [0.15, 0.2) is 0 Å². The molecule has 3 nitrogen and oxygen atoms in total. The van der Waals surface area contributed by atoms with Gasteiger partial charge in [-0.15, -0.1) is 0 Å². The fourth-order valence-electron chi connectivity index (χ4n) is 4.72. The molecular weight excluding hydrogens is 296 g/mol. The van der Waals surface area contributed by atoms with Gasteiger partial charge in [-0.2, -0.15) is 0 Å². The molecule has 0 radical (unpaired) electrons. The number of benzene rings is 1. The molecule has 3 heteroatoms. The van der Waals surface area contributed by atoms with Crippen LogP contribution in [-0.4, -0.2) is 17.4 Å². The number of rotatable bonds is 5. The number of hydrogen-bond acceptors (Lipinski definition) is 2. The lowest BCUT2D eigenvalue weighted by atomic mass is 9.84. The Labute approximate surface area is 143 Å². The lowest BCUT2D eigenvalue weighted by molar-refractivity contribution is -0.124. The molecular formula is C21H24N2O. The second-order valence-electron chi connectivity index (χ2n) is 7.30. The molecule has 4 rings (SSSR count). The first-order valence-corrected chi connectivity index (χ1v) is 9.00. The zero-order valence-corrected chi connectivity index (χ0v) is 14.0. The second-order valence-corrected chi connectivity index (χ2v) is 7.30. The number of carbonyl (C=O) groups is 1. The van der Waals surface area contributed by atoms with Crippen LogP contribution >= 0.6 is 0 Å². The zero-order valence-electron chi connectivity index (χ0n) is 14.0. The third-order valence-electron chi connectivity index (χ3n) is 6.05. The summed E-state index contributed by atoms with van der Waals surface area (Å²) < 4.78 is 0. The van der Waals surface area contributed by atoms with Gasteiger partial charge in [0.05, 0.1) is 5.41 Å². The lowest BCUT2D eigenvalue weighted by Crippen LogP contribution is -2.39. The molecule has 1 unspecified atom stereocenters. The quantitative estimate of drug-likeness (QED) is 0.914. The first kappa shape index (κ1) is 15.4. The molecule has 1 aromatic carbocycles. The summed E-state index contributed by atoms with van der Waals surface area (Å²) in [7, 11) is 0. The lowest BCUT2D eigenvalue weighted by Gasteiger charge is -2.22. The largest absolute Gasteiger partial charge is 0.355 e. The molecule has 2 aromatic rings. The standard InChI is InChI=1S/C21H24N2O/c24-19(23-15-10-17-8-13-22-14-9-17)21(18-6-2-1-3-7-18)16-20(21)11-4-5-12-20/h1-3,6-9,13-14H,4-5,10-12,15-16H2,(H,23,24). The van der Waals surface area contributed by atoms with Crippen molar-refractivity contribution in [1.82, 2.24) is 10.3 Å². The van der Waals surface area contributed by atoms with Crippen LogP contribution in [0.3, 0.4) is 0 Å². The summed E-state index contributed by atoms with van der Waals surface area (Å²) in [4.78, 5) is 17.2. The SMILES string of the molecule is O=C(NCCc1ccncc1)C1(c2ccccc2)CC12CCCC2. The fraction of sp³-hybridized carbons (Fsp3) is 0.429. The van der Waals surface area contributed by atoms with E-state index in [1.54, 1.807) is 12.4 Å². The molecule has 2 aliphatic rings. The van der Waals surface area contributed by atoms with Crippen LogP contribution in [0.15, 0.2) is 54.9 Å².